The molecule has 1 saturated heterocycles. The Hall–Kier alpha value is -3.08. The molecular formula is C21H18IN7O. The highest BCUT2D eigenvalue weighted by molar-refractivity contribution is 14.1. The number of hydrogen-bond acceptors (Lipinski definition) is 6. The van der Waals surface area contributed by atoms with Crippen molar-refractivity contribution in [1.29, 1.82) is 0 Å². The number of nitrogens with zero attached hydrogens (tertiary/aromatic N) is 7. The van der Waals surface area contributed by atoms with E-state index < -0.39 is 0 Å². The quantitative estimate of drug-likeness (QED) is 0.394. The minimum absolute atomic E-state index is 0.0718. The molecule has 2 aromatic heterocycles. The predicted molar refractivity (Wildman–Crippen MR) is 122 cm³/mol. The fourth-order valence-electron chi connectivity index (χ4n) is 3.64. The molecule has 150 valence electrons. The highest BCUT2D eigenvalue weighted by atomic mass is 127. The first kappa shape index (κ1) is 18.9. The molecule has 1 fully saturated rings. The first-order valence-electron chi connectivity index (χ1n) is 9.63. The Morgan fingerprint density at radius 1 is 0.900 bits per heavy atom. The molecule has 0 spiro atoms. The number of para-hydroxylation sites is 1. The third-order valence-electron chi connectivity index (χ3n) is 5.19. The fraction of sp³-hybridized carbons (Fsp3) is 0.190. The van der Waals surface area contributed by atoms with Crippen LogP contribution in [0.3, 0.4) is 0 Å². The molecular weight excluding hydrogens is 493 g/mol. The number of carbonyl (C=O) groups excluding carboxylic acids is 1. The molecule has 30 heavy (non-hydrogen) atoms. The van der Waals surface area contributed by atoms with Gasteiger partial charge in [0, 0.05) is 29.7 Å². The summed E-state index contributed by atoms with van der Waals surface area (Å²) >= 11 is 2.21. The van der Waals surface area contributed by atoms with Gasteiger partial charge in [0.2, 0.25) is 0 Å². The number of rotatable bonds is 3. The van der Waals surface area contributed by atoms with Gasteiger partial charge in [0.1, 0.15) is 6.33 Å². The summed E-state index contributed by atoms with van der Waals surface area (Å²) in [6.07, 6.45) is 1.55. The monoisotopic (exact) mass is 511 g/mol. The van der Waals surface area contributed by atoms with Gasteiger partial charge in [-0.2, -0.15) is 4.68 Å². The smallest absolute Gasteiger partial charge is 0.255 e. The molecule has 3 heterocycles. The number of fused-ring (bicyclic) bond motifs is 1. The molecule has 1 amide bonds. The second kappa shape index (κ2) is 7.98. The van der Waals surface area contributed by atoms with Crippen LogP contribution in [0, 0.1) is 3.57 Å². The Labute approximate surface area is 186 Å². The van der Waals surface area contributed by atoms with Gasteiger partial charge in [-0.3, -0.25) is 4.79 Å². The van der Waals surface area contributed by atoms with E-state index in [4.69, 9.17) is 0 Å². The molecule has 0 radical (unpaired) electrons. The zero-order valence-electron chi connectivity index (χ0n) is 16.0. The van der Waals surface area contributed by atoms with E-state index in [1.54, 1.807) is 11.0 Å². The topological polar surface area (TPSA) is 80.0 Å². The maximum absolute atomic E-state index is 12.9. The summed E-state index contributed by atoms with van der Waals surface area (Å²) in [5.41, 5.74) is 2.99. The van der Waals surface area contributed by atoms with Crippen molar-refractivity contribution in [1.82, 2.24) is 29.9 Å². The van der Waals surface area contributed by atoms with E-state index in [-0.39, 0.29) is 5.91 Å². The second-order valence-electron chi connectivity index (χ2n) is 6.97. The number of carbonyl (C=O) groups is 1. The van der Waals surface area contributed by atoms with E-state index >= 15 is 0 Å². The molecule has 0 atom stereocenters. The van der Waals surface area contributed by atoms with Gasteiger partial charge in [-0.05, 0) is 46.9 Å². The summed E-state index contributed by atoms with van der Waals surface area (Å²) < 4.78 is 2.69. The standard InChI is InChI=1S/C21H18IN7O/c22-17-9-5-4-8-16(17)21(30)28-12-10-27(11-13-28)19-18-20(24-14-23-19)29(26-25-18)15-6-2-1-3-7-15/h1-9,14H,10-13H2. The number of benzene rings is 2. The largest absolute Gasteiger partial charge is 0.351 e. The Morgan fingerprint density at radius 2 is 1.63 bits per heavy atom. The van der Waals surface area contributed by atoms with Gasteiger partial charge in [0.25, 0.3) is 5.91 Å². The average Bonchev–Trinajstić information content (AvgIpc) is 3.24. The van der Waals surface area contributed by atoms with Gasteiger partial charge >= 0.3 is 0 Å². The summed E-state index contributed by atoms with van der Waals surface area (Å²) in [6.45, 7) is 2.61. The number of anilines is 1. The van der Waals surface area contributed by atoms with Crippen LogP contribution in [-0.4, -0.2) is 61.9 Å². The molecule has 0 aliphatic carbocycles. The summed E-state index contributed by atoms with van der Waals surface area (Å²) in [5, 5.41) is 8.63. The van der Waals surface area contributed by atoms with Crippen LogP contribution in [0.15, 0.2) is 60.9 Å². The number of aromatic nitrogens is 5. The van der Waals surface area contributed by atoms with Crippen LogP contribution in [0.1, 0.15) is 10.4 Å². The second-order valence-corrected chi connectivity index (χ2v) is 8.13. The molecule has 1 aliphatic heterocycles. The van der Waals surface area contributed by atoms with Crippen LogP contribution >= 0.6 is 22.6 Å². The SMILES string of the molecule is O=C(c1ccccc1I)N1CCN(c2ncnc3c2nnn3-c2ccccc2)CC1. The first-order valence-corrected chi connectivity index (χ1v) is 10.7. The van der Waals surface area contributed by atoms with Crippen LogP contribution in [-0.2, 0) is 0 Å². The zero-order valence-corrected chi connectivity index (χ0v) is 18.2. The molecule has 0 saturated carbocycles. The number of halogens is 1. The number of piperazine rings is 1. The molecule has 5 rings (SSSR count). The molecule has 0 unspecified atom stereocenters. The first-order chi connectivity index (χ1) is 14.7. The van der Waals surface area contributed by atoms with E-state index in [9.17, 15) is 4.79 Å². The van der Waals surface area contributed by atoms with Crippen molar-refractivity contribution in [2.75, 3.05) is 31.1 Å². The summed E-state index contributed by atoms with van der Waals surface area (Å²) in [4.78, 5) is 25.8. The zero-order chi connectivity index (χ0) is 20.5. The van der Waals surface area contributed by atoms with E-state index in [1.807, 2.05) is 59.5 Å². The van der Waals surface area contributed by atoms with E-state index in [2.05, 4.69) is 47.8 Å². The third kappa shape index (κ3) is 3.38. The lowest BCUT2D eigenvalue weighted by atomic mass is 10.2. The maximum atomic E-state index is 12.9. The Morgan fingerprint density at radius 3 is 2.40 bits per heavy atom. The lowest BCUT2D eigenvalue weighted by Crippen LogP contribution is -2.49. The Kier molecular flexibility index (Phi) is 5.03. The fourth-order valence-corrected chi connectivity index (χ4v) is 4.26. The molecule has 8 nitrogen and oxygen atoms in total. The van der Waals surface area contributed by atoms with Gasteiger partial charge in [-0.1, -0.05) is 35.5 Å². The predicted octanol–water partition coefficient (Wildman–Crippen LogP) is 2.78. The minimum Gasteiger partial charge on any atom is -0.351 e. The molecule has 4 aromatic rings. The van der Waals surface area contributed by atoms with E-state index in [0.717, 1.165) is 20.6 Å². The number of amides is 1. The van der Waals surface area contributed by atoms with Crippen LogP contribution in [0.4, 0.5) is 5.82 Å². The van der Waals surface area contributed by atoms with Crippen molar-refractivity contribution >= 4 is 45.5 Å². The van der Waals surface area contributed by atoms with Gasteiger partial charge in [0.05, 0.1) is 11.3 Å². The molecule has 9 heteroatoms. The van der Waals surface area contributed by atoms with E-state index in [0.29, 0.717) is 37.3 Å². The van der Waals surface area contributed by atoms with Crippen molar-refractivity contribution in [3.8, 4) is 5.69 Å². The van der Waals surface area contributed by atoms with Crippen molar-refractivity contribution in [2.45, 2.75) is 0 Å². The highest BCUT2D eigenvalue weighted by Crippen LogP contribution is 2.24. The van der Waals surface area contributed by atoms with Gasteiger partial charge in [0.15, 0.2) is 17.0 Å². The maximum Gasteiger partial charge on any atom is 0.255 e. The summed E-state index contributed by atoms with van der Waals surface area (Å²) in [6, 6.07) is 17.5. The Bertz CT molecular complexity index is 1200. The minimum atomic E-state index is 0.0718. The molecule has 0 N–H and O–H groups in total. The summed E-state index contributed by atoms with van der Waals surface area (Å²) in [5.74, 6) is 0.825. The van der Waals surface area contributed by atoms with E-state index in [1.165, 1.54) is 0 Å². The average molecular weight is 511 g/mol. The van der Waals surface area contributed by atoms with Crippen molar-refractivity contribution in [3.05, 3.63) is 70.1 Å². The van der Waals surface area contributed by atoms with Crippen LogP contribution < -0.4 is 4.90 Å². The van der Waals surface area contributed by atoms with Crippen molar-refractivity contribution in [3.63, 3.8) is 0 Å². The highest BCUT2D eigenvalue weighted by Gasteiger charge is 2.26. The molecule has 1 aliphatic rings. The normalized spacial score (nSPS) is 14.3. The van der Waals surface area contributed by atoms with Gasteiger partial charge in [-0.25, -0.2) is 9.97 Å². The van der Waals surface area contributed by atoms with Crippen LogP contribution in [0.2, 0.25) is 0 Å². The Balaban J connectivity index is 1.37. The lowest BCUT2D eigenvalue weighted by molar-refractivity contribution is 0.0745. The third-order valence-corrected chi connectivity index (χ3v) is 6.13. The molecule has 0 bridgehead atoms. The van der Waals surface area contributed by atoms with Gasteiger partial charge < -0.3 is 9.80 Å². The van der Waals surface area contributed by atoms with Crippen molar-refractivity contribution in [2.24, 2.45) is 0 Å². The molecule has 2 aromatic carbocycles. The van der Waals surface area contributed by atoms with Gasteiger partial charge in [-0.15, -0.1) is 5.10 Å². The van der Waals surface area contributed by atoms with Crippen molar-refractivity contribution < 1.29 is 4.79 Å². The summed E-state index contributed by atoms with van der Waals surface area (Å²) in [7, 11) is 0. The lowest BCUT2D eigenvalue weighted by Gasteiger charge is -2.35. The number of hydrogen-bond donors (Lipinski definition) is 0. The van der Waals surface area contributed by atoms with Crippen LogP contribution in [0.25, 0.3) is 16.9 Å². The van der Waals surface area contributed by atoms with Crippen LogP contribution in [0.5, 0.6) is 0 Å².